The van der Waals surface area contributed by atoms with Crippen molar-refractivity contribution in [3.8, 4) is 0 Å². The van der Waals surface area contributed by atoms with Gasteiger partial charge in [-0.2, -0.15) is 0 Å². The minimum absolute atomic E-state index is 0.219. The van der Waals surface area contributed by atoms with E-state index in [1.165, 1.54) is 0 Å². The summed E-state index contributed by atoms with van der Waals surface area (Å²) < 4.78 is 0.951. The van der Waals surface area contributed by atoms with E-state index in [1.807, 2.05) is 17.5 Å². The second kappa shape index (κ2) is 4.16. The smallest absolute Gasteiger partial charge is 0.115 e. The Bertz CT molecular complexity index is 399. The van der Waals surface area contributed by atoms with Crippen molar-refractivity contribution in [2.45, 2.75) is 6.04 Å². The van der Waals surface area contributed by atoms with Gasteiger partial charge in [-0.05, 0) is 28.1 Å². The molecule has 0 radical (unpaired) electrons. The average Bonchev–Trinajstić information content (AvgIpc) is 2.71. The predicted molar refractivity (Wildman–Crippen MR) is 60.1 cm³/mol. The lowest BCUT2D eigenvalue weighted by Crippen LogP contribution is -2.12. The van der Waals surface area contributed by atoms with Crippen LogP contribution in [-0.4, -0.2) is 9.97 Å². The van der Waals surface area contributed by atoms with Crippen molar-refractivity contribution < 1.29 is 0 Å². The zero-order valence-electron chi connectivity index (χ0n) is 7.22. The fourth-order valence-corrected chi connectivity index (χ4v) is 1.97. The highest BCUT2D eigenvalue weighted by molar-refractivity contribution is 9.10. The van der Waals surface area contributed by atoms with Gasteiger partial charge in [0.15, 0.2) is 0 Å². The van der Waals surface area contributed by atoms with Crippen LogP contribution in [0.3, 0.4) is 0 Å². The van der Waals surface area contributed by atoms with E-state index < -0.39 is 0 Å². The van der Waals surface area contributed by atoms with Crippen LogP contribution in [0.2, 0.25) is 0 Å². The number of halogens is 1. The molecule has 2 heterocycles. The van der Waals surface area contributed by atoms with Crippen LogP contribution < -0.4 is 5.73 Å². The average molecular weight is 270 g/mol. The van der Waals surface area contributed by atoms with Gasteiger partial charge < -0.3 is 5.73 Å². The number of nitrogens with two attached hydrogens (primary N) is 1. The van der Waals surface area contributed by atoms with Gasteiger partial charge in [-0.3, -0.25) is 4.98 Å². The molecule has 72 valence electrons. The molecule has 2 aromatic rings. The van der Waals surface area contributed by atoms with Crippen LogP contribution in [0, 0.1) is 0 Å². The standard InChI is InChI=1S/C9H8BrN3S/c10-6-1-2-7(13-5-6)8(11)9-12-3-4-14-9/h1-5,8H,11H2. The molecule has 1 unspecified atom stereocenters. The molecule has 0 aromatic carbocycles. The molecule has 0 aliphatic carbocycles. The molecule has 0 fully saturated rings. The second-order valence-electron chi connectivity index (χ2n) is 2.75. The lowest BCUT2D eigenvalue weighted by Gasteiger charge is -2.06. The summed E-state index contributed by atoms with van der Waals surface area (Å²) in [5, 5.41) is 2.80. The molecule has 5 heteroatoms. The number of aromatic nitrogens is 2. The van der Waals surface area contributed by atoms with E-state index in [4.69, 9.17) is 5.73 Å². The van der Waals surface area contributed by atoms with Crippen LogP contribution in [0.5, 0.6) is 0 Å². The Morgan fingerprint density at radius 3 is 2.79 bits per heavy atom. The molecule has 2 aromatic heterocycles. The molecule has 0 bridgehead atoms. The van der Waals surface area contributed by atoms with Crippen molar-refractivity contribution in [1.82, 2.24) is 9.97 Å². The van der Waals surface area contributed by atoms with Gasteiger partial charge in [0.05, 0.1) is 11.7 Å². The van der Waals surface area contributed by atoms with Crippen molar-refractivity contribution >= 4 is 27.3 Å². The third-order valence-electron chi connectivity index (χ3n) is 1.79. The summed E-state index contributed by atoms with van der Waals surface area (Å²) in [4.78, 5) is 8.39. The van der Waals surface area contributed by atoms with Gasteiger partial charge in [-0.15, -0.1) is 11.3 Å². The van der Waals surface area contributed by atoms with Crippen LogP contribution in [0.15, 0.2) is 34.4 Å². The summed E-state index contributed by atoms with van der Waals surface area (Å²) in [6, 6.07) is 3.61. The first-order valence-corrected chi connectivity index (χ1v) is 5.71. The van der Waals surface area contributed by atoms with Crippen molar-refractivity contribution in [3.63, 3.8) is 0 Å². The SMILES string of the molecule is NC(c1ccc(Br)cn1)c1nccs1. The van der Waals surface area contributed by atoms with E-state index in [0.29, 0.717) is 0 Å². The summed E-state index contributed by atoms with van der Waals surface area (Å²) in [5.41, 5.74) is 6.82. The Kier molecular flexibility index (Phi) is 2.90. The molecule has 0 amide bonds. The molecule has 2 rings (SSSR count). The van der Waals surface area contributed by atoms with E-state index >= 15 is 0 Å². The Morgan fingerprint density at radius 1 is 1.36 bits per heavy atom. The van der Waals surface area contributed by atoms with Gasteiger partial charge in [-0.25, -0.2) is 4.98 Å². The summed E-state index contributed by atoms with van der Waals surface area (Å²) in [6.45, 7) is 0. The van der Waals surface area contributed by atoms with E-state index in [9.17, 15) is 0 Å². The molecule has 0 aliphatic heterocycles. The lowest BCUT2D eigenvalue weighted by atomic mass is 10.2. The molecule has 0 saturated carbocycles. The number of thiazole rings is 1. The highest BCUT2D eigenvalue weighted by Gasteiger charge is 2.11. The van der Waals surface area contributed by atoms with Crippen LogP contribution in [0.1, 0.15) is 16.7 Å². The summed E-state index contributed by atoms with van der Waals surface area (Å²) in [5.74, 6) is 0. The first-order chi connectivity index (χ1) is 6.77. The number of pyridine rings is 1. The van der Waals surface area contributed by atoms with E-state index in [0.717, 1.165) is 15.2 Å². The third kappa shape index (κ3) is 2.00. The number of hydrogen-bond acceptors (Lipinski definition) is 4. The Labute approximate surface area is 94.1 Å². The molecule has 0 spiro atoms. The summed E-state index contributed by atoms with van der Waals surface area (Å²) in [7, 11) is 0. The Morgan fingerprint density at radius 2 is 2.21 bits per heavy atom. The van der Waals surface area contributed by atoms with Crippen molar-refractivity contribution in [3.05, 3.63) is 45.1 Å². The van der Waals surface area contributed by atoms with Gasteiger partial charge in [0.2, 0.25) is 0 Å². The zero-order valence-corrected chi connectivity index (χ0v) is 9.62. The number of hydrogen-bond donors (Lipinski definition) is 1. The largest absolute Gasteiger partial charge is 0.317 e. The van der Waals surface area contributed by atoms with E-state index in [2.05, 4.69) is 25.9 Å². The molecule has 0 aliphatic rings. The number of nitrogens with zero attached hydrogens (tertiary/aromatic N) is 2. The fourth-order valence-electron chi connectivity index (χ4n) is 1.09. The van der Waals surface area contributed by atoms with Crippen LogP contribution >= 0.6 is 27.3 Å². The fraction of sp³-hybridized carbons (Fsp3) is 0.111. The maximum Gasteiger partial charge on any atom is 0.115 e. The van der Waals surface area contributed by atoms with Crippen molar-refractivity contribution in [2.24, 2.45) is 5.73 Å². The minimum atomic E-state index is -0.219. The third-order valence-corrected chi connectivity index (χ3v) is 3.11. The van der Waals surface area contributed by atoms with E-state index in [1.54, 1.807) is 23.7 Å². The summed E-state index contributed by atoms with van der Waals surface area (Å²) >= 11 is 4.87. The van der Waals surface area contributed by atoms with Gasteiger partial charge in [0.1, 0.15) is 5.01 Å². The topological polar surface area (TPSA) is 51.8 Å². The van der Waals surface area contributed by atoms with Crippen LogP contribution in [0.25, 0.3) is 0 Å². The molecule has 14 heavy (non-hydrogen) atoms. The first-order valence-electron chi connectivity index (χ1n) is 4.04. The second-order valence-corrected chi connectivity index (χ2v) is 4.59. The first kappa shape index (κ1) is 9.76. The van der Waals surface area contributed by atoms with Crippen LogP contribution in [0.4, 0.5) is 0 Å². The van der Waals surface area contributed by atoms with Gasteiger partial charge in [0.25, 0.3) is 0 Å². The molecular formula is C9H8BrN3S. The Hall–Kier alpha value is -0.780. The number of rotatable bonds is 2. The van der Waals surface area contributed by atoms with Crippen molar-refractivity contribution in [1.29, 1.82) is 0 Å². The lowest BCUT2D eigenvalue weighted by molar-refractivity contribution is 0.817. The van der Waals surface area contributed by atoms with Gasteiger partial charge >= 0.3 is 0 Å². The molecule has 2 N–H and O–H groups in total. The molecule has 0 saturated heterocycles. The highest BCUT2D eigenvalue weighted by Crippen LogP contribution is 2.20. The molecule has 1 atom stereocenters. The minimum Gasteiger partial charge on any atom is -0.317 e. The quantitative estimate of drug-likeness (QED) is 0.911. The van der Waals surface area contributed by atoms with Crippen LogP contribution in [-0.2, 0) is 0 Å². The predicted octanol–water partition coefficient (Wildman–Crippen LogP) is 2.35. The van der Waals surface area contributed by atoms with Crippen molar-refractivity contribution in [2.75, 3.05) is 0 Å². The molecule has 3 nitrogen and oxygen atoms in total. The molecular weight excluding hydrogens is 262 g/mol. The van der Waals surface area contributed by atoms with Gasteiger partial charge in [-0.1, -0.05) is 0 Å². The normalized spacial score (nSPS) is 12.7. The maximum absolute atomic E-state index is 5.98. The Balaban J connectivity index is 2.28. The van der Waals surface area contributed by atoms with E-state index in [-0.39, 0.29) is 6.04 Å². The maximum atomic E-state index is 5.98. The van der Waals surface area contributed by atoms with Gasteiger partial charge in [0, 0.05) is 22.2 Å². The highest BCUT2D eigenvalue weighted by atomic mass is 79.9. The zero-order chi connectivity index (χ0) is 9.97. The monoisotopic (exact) mass is 269 g/mol. The summed E-state index contributed by atoms with van der Waals surface area (Å²) in [6.07, 6.45) is 3.49.